The third-order valence-corrected chi connectivity index (χ3v) is 5.42. The minimum absolute atomic E-state index is 0.209. The maximum absolute atomic E-state index is 11.3. The van der Waals surface area contributed by atoms with Crippen LogP contribution < -0.4 is 20.5 Å². The first-order valence-electron chi connectivity index (χ1n) is 10.1. The number of hydrogen-bond donors (Lipinski definition) is 3. The highest BCUT2D eigenvalue weighted by Gasteiger charge is 2.12. The number of primary amides is 1. The Balaban J connectivity index is 1.68. The van der Waals surface area contributed by atoms with Crippen molar-refractivity contribution >= 4 is 22.5 Å². The summed E-state index contributed by atoms with van der Waals surface area (Å²) in [5.41, 5.74) is 9.57. The fraction of sp³-hybridized carbons (Fsp3) is 0.115. The monoisotopic (exact) mass is 428 g/mol. The maximum atomic E-state index is 11.3. The van der Waals surface area contributed by atoms with Crippen molar-refractivity contribution in [2.24, 2.45) is 5.73 Å². The zero-order valence-electron chi connectivity index (χ0n) is 17.9. The lowest BCUT2D eigenvalue weighted by molar-refractivity contribution is 0.259. The number of carbonyl (C=O) groups excluding carboxylic acids is 1. The fourth-order valence-electron chi connectivity index (χ4n) is 3.88. The Labute approximate surface area is 186 Å². The van der Waals surface area contributed by atoms with Gasteiger partial charge in [0.1, 0.15) is 5.75 Å². The van der Waals surface area contributed by atoms with Crippen molar-refractivity contribution in [3.8, 4) is 28.4 Å². The molecule has 6 heteroatoms. The van der Waals surface area contributed by atoms with Gasteiger partial charge in [0, 0.05) is 11.8 Å². The molecule has 0 saturated heterocycles. The van der Waals surface area contributed by atoms with E-state index in [0.29, 0.717) is 23.6 Å². The van der Waals surface area contributed by atoms with Gasteiger partial charge in [-0.1, -0.05) is 48.5 Å². The number of ether oxygens (including phenoxy) is 2. The van der Waals surface area contributed by atoms with E-state index >= 15 is 0 Å². The molecule has 0 fully saturated rings. The molecule has 0 radical (unpaired) electrons. The van der Waals surface area contributed by atoms with Crippen LogP contribution in [-0.2, 0) is 6.42 Å². The van der Waals surface area contributed by atoms with Gasteiger partial charge in [0.15, 0.2) is 11.5 Å². The summed E-state index contributed by atoms with van der Waals surface area (Å²) in [6.45, 7) is 0. The van der Waals surface area contributed by atoms with Crippen molar-refractivity contribution in [1.29, 1.82) is 0 Å². The third kappa shape index (κ3) is 4.16. The number of aromatic hydroxyl groups is 1. The molecular formula is C26H24N2O4. The number of nitrogens with two attached hydrogens (primary N) is 1. The van der Waals surface area contributed by atoms with Crippen LogP contribution in [0.25, 0.3) is 21.9 Å². The molecule has 4 aromatic rings. The molecule has 2 amide bonds. The number of phenolic OH excluding ortho intramolecular Hbond substituents is 1. The van der Waals surface area contributed by atoms with Gasteiger partial charge >= 0.3 is 6.03 Å². The van der Waals surface area contributed by atoms with Crippen LogP contribution in [0.1, 0.15) is 11.1 Å². The quantitative estimate of drug-likeness (QED) is 0.388. The molecule has 0 heterocycles. The average Bonchev–Trinajstić information content (AvgIpc) is 2.80. The number of fused-ring (bicyclic) bond motifs is 1. The summed E-state index contributed by atoms with van der Waals surface area (Å²) in [6, 6.07) is 22.2. The molecule has 4 N–H and O–H groups in total. The first-order chi connectivity index (χ1) is 15.5. The lowest BCUT2D eigenvalue weighted by atomic mass is 9.95. The van der Waals surface area contributed by atoms with E-state index in [9.17, 15) is 9.90 Å². The molecule has 0 saturated carbocycles. The highest BCUT2D eigenvalue weighted by Crippen LogP contribution is 2.36. The number of hydrogen-bond acceptors (Lipinski definition) is 4. The summed E-state index contributed by atoms with van der Waals surface area (Å²) in [6.07, 6.45) is 0.550. The number of amides is 2. The Morgan fingerprint density at radius 3 is 2.34 bits per heavy atom. The van der Waals surface area contributed by atoms with E-state index in [1.165, 1.54) is 0 Å². The SMILES string of the molecule is COc1ccc(Cc2ccc(-c3ccc(NC(N)=O)c4ccccc34)cc2O)cc1OC. The van der Waals surface area contributed by atoms with Gasteiger partial charge in [0.05, 0.1) is 19.9 Å². The van der Waals surface area contributed by atoms with E-state index in [0.717, 1.165) is 33.0 Å². The van der Waals surface area contributed by atoms with E-state index in [-0.39, 0.29) is 5.75 Å². The first-order valence-corrected chi connectivity index (χ1v) is 10.1. The molecule has 0 aromatic heterocycles. The lowest BCUT2D eigenvalue weighted by Gasteiger charge is -2.14. The molecule has 4 aromatic carbocycles. The smallest absolute Gasteiger partial charge is 0.316 e. The largest absolute Gasteiger partial charge is 0.508 e. The van der Waals surface area contributed by atoms with Crippen molar-refractivity contribution in [1.82, 2.24) is 0 Å². The Bertz CT molecular complexity index is 1300. The average molecular weight is 428 g/mol. The second kappa shape index (κ2) is 8.89. The van der Waals surface area contributed by atoms with Crippen LogP contribution in [0.5, 0.6) is 17.2 Å². The van der Waals surface area contributed by atoms with Gasteiger partial charge < -0.3 is 25.6 Å². The number of carbonyl (C=O) groups is 1. The number of nitrogens with one attached hydrogen (secondary N) is 1. The number of anilines is 1. The van der Waals surface area contributed by atoms with Crippen LogP contribution in [0.2, 0.25) is 0 Å². The molecule has 162 valence electrons. The van der Waals surface area contributed by atoms with Crippen molar-refractivity contribution in [3.63, 3.8) is 0 Å². The summed E-state index contributed by atoms with van der Waals surface area (Å²) in [7, 11) is 3.20. The van der Waals surface area contributed by atoms with Gasteiger partial charge in [-0.05, 0) is 51.9 Å². The highest BCUT2D eigenvalue weighted by molar-refractivity contribution is 6.07. The summed E-state index contributed by atoms with van der Waals surface area (Å²) in [5.74, 6) is 1.52. The van der Waals surface area contributed by atoms with E-state index in [1.54, 1.807) is 20.3 Å². The molecule has 0 bridgehead atoms. The second-order valence-electron chi connectivity index (χ2n) is 7.41. The van der Waals surface area contributed by atoms with Crippen molar-refractivity contribution in [2.45, 2.75) is 6.42 Å². The number of methoxy groups -OCH3 is 2. The molecular weight excluding hydrogens is 404 g/mol. The Morgan fingerprint density at radius 2 is 1.66 bits per heavy atom. The molecule has 0 aliphatic rings. The molecule has 0 spiro atoms. The Morgan fingerprint density at radius 1 is 0.906 bits per heavy atom. The summed E-state index contributed by atoms with van der Waals surface area (Å²) >= 11 is 0. The molecule has 4 rings (SSSR count). The van der Waals surface area contributed by atoms with Gasteiger partial charge in [0.2, 0.25) is 0 Å². The predicted molar refractivity (Wildman–Crippen MR) is 127 cm³/mol. The molecule has 0 atom stereocenters. The number of phenols is 1. The van der Waals surface area contributed by atoms with Gasteiger partial charge in [-0.25, -0.2) is 4.79 Å². The topological polar surface area (TPSA) is 93.8 Å². The summed E-state index contributed by atoms with van der Waals surface area (Å²) in [5, 5.41) is 15.2. The molecule has 0 aliphatic carbocycles. The number of benzene rings is 4. The van der Waals surface area contributed by atoms with Gasteiger partial charge in [-0.15, -0.1) is 0 Å². The van der Waals surface area contributed by atoms with E-state index in [1.807, 2.05) is 66.7 Å². The second-order valence-corrected chi connectivity index (χ2v) is 7.41. The zero-order chi connectivity index (χ0) is 22.7. The van der Waals surface area contributed by atoms with Crippen LogP contribution in [0.4, 0.5) is 10.5 Å². The molecule has 0 aliphatic heterocycles. The Kier molecular flexibility index (Phi) is 5.85. The highest BCUT2D eigenvalue weighted by atomic mass is 16.5. The van der Waals surface area contributed by atoms with Gasteiger partial charge in [-0.2, -0.15) is 0 Å². The van der Waals surface area contributed by atoms with Crippen molar-refractivity contribution in [2.75, 3.05) is 19.5 Å². The predicted octanol–water partition coefficient (Wildman–Crippen LogP) is 5.31. The third-order valence-electron chi connectivity index (χ3n) is 5.42. The molecule has 6 nitrogen and oxygen atoms in total. The minimum Gasteiger partial charge on any atom is -0.508 e. The van der Waals surface area contributed by atoms with Crippen molar-refractivity contribution in [3.05, 3.63) is 83.9 Å². The van der Waals surface area contributed by atoms with E-state index in [4.69, 9.17) is 15.2 Å². The normalized spacial score (nSPS) is 10.7. The first kappa shape index (κ1) is 21.1. The molecule has 32 heavy (non-hydrogen) atoms. The summed E-state index contributed by atoms with van der Waals surface area (Å²) < 4.78 is 10.7. The van der Waals surface area contributed by atoms with E-state index in [2.05, 4.69) is 5.32 Å². The number of rotatable bonds is 6. The van der Waals surface area contributed by atoms with Crippen LogP contribution >= 0.6 is 0 Å². The van der Waals surface area contributed by atoms with Crippen LogP contribution in [-0.4, -0.2) is 25.4 Å². The van der Waals surface area contributed by atoms with Gasteiger partial charge in [-0.3, -0.25) is 0 Å². The van der Waals surface area contributed by atoms with E-state index < -0.39 is 6.03 Å². The minimum atomic E-state index is -0.611. The summed E-state index contributed by atoms with van der Waals surface area (Å²) in [4.78, 5) is 11.3. The zero-order valence-corrected chi connectivity index (χ0v) is 17.9. The standard InChI is InChI=1S/C26H24N2O4/c1-31-24-12-7-16(14-25(24)32-2)13-18-9-8-17(15-23(18)29)19-10-11-22(28-26(27)30)21-6-4-3-5-20(19)21/h3-12,14-15,29H,13H2,1-2H3,(H3,27,28,30). The van der Waals surface area contributed by atoms with Crippen LogP contribution in [0, 0.1) is 0 Å². The van der Waals surface area contributed by atoms with Crippen LogP contribution in [0.15, 0.2) is 72.8 Å². The van der Waals surface area contributed by atoms with Crippen molar-refractivity contribution < 1.29 is 19.4 Å². The fourth-order valence-corrected chi connectivity index (χ4v) is 3.88. The van der Waals surface area contributed by atoms with Crippen LogP contribution in [0.3, 0.4) is 0 Å². The van der Waals surface area contributed by atoms with Gasteiger partial charge in [0.25, 0.3) is 0 Å². The maximum Gasteiger partial charge on any atom is 0.316 e. The lowest BCUT2D eigenvalue weighted by Crippen LogP contribution is -2.19. The Hall–Kier alpha value is -4.19. The number of urea groups is 1. The molecule has 0 unspecified atom stereocenters.